The third kappa shape index (κ3) is 2.91. The third-order valence-corrected chi connectivity index (χ3v) is 6.85. The second-order valence-electron chi connectivity index (χ2n) is 8.82. The molecular weight excluding hydrogens is 410 g/mol. The molecule has 1 aromatic heterocycles. The maximum atomic E-state index is 4.79. The lowest BCUT2D eigenvalue weighted by molar-refractivity contribution is 1.41. The van der Waals surface area contributed by atoms with Crippen molar-refractivity contribution < 1.29 is 0 Å². The summed E-state index contributed by atoms with van der Waals surface area (Å²) in [5.74, 6) is 0. The Kier molecular flexibility index (Phi) is 4.22. The molecule has 0 aliphatic heterocycles. The van der Waals surface area contributed by atoms with Gasteiger partial charge in [0.25, 0.3) is 0 Å². The van der Waals surface area contributed by atoms with E-state index < -0.39 is 0 Å². The molecule has 0 amide bonds. The van der Waals surface area contributed by atoms with Crippen LogP contribution in [-0.4, -0.2) is 4.98 Å². The number of hydrogen-bond donors (Lipinski definition) is 0. The van der Waals surface area contributed by atoms with Crippen LogP contribution in [0.5, 0.6) is 0 Å². The molecule has 7 aromatic rings. The molecule has 0 saturated heterocycles. The predicted molar refractivity (Wildman–Crippen MR) is 145 cm³/mol. The lowest BCUT2D eigenvalue weighted by Gasteiger charge is -2.18. The Morgan fingerprint density at radius 2 is 0.882 bits per heavy atom. The monoisotopic (exact) mass is 431 g/mol. The van der Waals surface area contributed by atoms with E-state index in [1.807, 2.05) is 12.3 Å². The van der Waals surface area contributed by atoms with Crippen LogP contribution in [0.4, 0.5) is 0 Å². The average molecular weight is 432 g/mol. The molecule has 1 heteroatoms. The van der Waals surface area contributed by atoms with Gasteiger partial charge in [-0.2, -0.15) is 0 Å². The molecule has 1 heterocycles. The van der Waals surface area contributed by atoms with Crippen LogP contribution in [0.15, 0.2) is 128 Å². The van der Waals surface area contributed by atoms with Gasteiger partial charge in [0.2, 0.25) is 0 Å². The van der Waals surface area contributed by atoms with E-state index in [4.69, 9.17) is 4.98 Å². The number of rotatable bonds is 2. The van der Waals surface area contributed by atoms with Gasteiger partial charge in [-0.15, -0.1) is 0 Å². The fraction of sp³-hybridized carbons (Fsp3) is 0. The predicted octanol–water partition coefficient (Wildman–Crippen LogP) is 9.03. The van der Waals surface area contributed by atoms with Crippen molar-refractivity contribution in [3.63, 3.8) is 0 Å². The summed E-state index contributed by atoms with van der Waals surface area (Å²) in [5.41, 5.74) is 5.95. The Bertz CT molecular complexity index is 1670. The summed E-state index contributed by atoms with van der Waals surface area (Å²) in [6, 6.07) is 43.5. The van der Waals surface area contributed by atoms with Gasteiger partial charge in [0, 0.05) is 17.1 Å². The highest BCUT2D eigenvalue weighted by Gasteiger charge is 2.17. The van der Waals surface area contributed by atoms with Gasteiger partial charge in [0.15, 0.2) is 0 Å². The molecule has 0 bridgehead atoms. The van der Waals surface area contributed by atoms with Crippen LogP contribution in [0.1, 0.15) is 0 Å². The minimum atomic E-state index is 1.02. The molecule has 34 heavy (non-hydrogen) atoms. The molecule has 1 nitrogen and oxygen atoms in total. The third-order valence-electron chi connectivity index (χ3n) is 6.85. The quantitative estimate of drug-likeness (QED) is 0.249. The zero-order chi connectivity index (χ0) is 22.5. The van der Waals surface area contributed by atoms with Gasteiger partial charge < -0.3 is 0 Å². The van der Waals surface area contributed by atoms with Crippen molar-refractivity contribution in [3.05, 3.63) is 128 Å². The van der Waals surface area contributed by atoms with Gasteiger partial charge in [-0.25, -0.2) is 0 Å². The molecular formula is C33H21N. The van der Waals surface area contributed by atoms with E-state index in [0.717, 1.165) is 16.5 Å². The zero-order valence-electron chi connectivity index (χ0n) is 18.6. The van der Waals surface area contributed by atoms with Crippen LogP contribution in [-0.2, 0) is 0 Å². The van der Waals surface area contributed by atoms with Crippen LogP contribution in [0.3, 0.4) is 0 Å². The largest absolute Gasteiger partial charge is 0.256 e. The minimum Gasteiger partial charge on any atom is -0.256 e. The van der Waals surface area contributed by atoms with Crippen molar-refractivity contribution >= 4 is 43.2 Å². The van der Waals surface area contributed by atoms with Gasteiger partial charge in [0.05, 0.1) is 5.52 Å². The number of para-hydroxylation sites is 1. The Morgan fingerprint density at radius 1 is 0.382 bits per heavy atom. The van der Waals surface area contributed by atoms with Gasteiger partial charge in [-0.3, -0.25) is 4.98 Å². The molecule has 7 rings (SSSR count). The number of aromatic nitrogens is 1. The lowest BCUT2D eigenvalue weighted by atomic mass is 9.86. The van der Waals surface area contributed by atoms with Crippen LogP contribution in [0, 0.1) is 0 Å². The molecule has 0 N–H and O–H groups in total. The molecule has 0 unspecified atom stereocenters. The summed E-state index contributed by atoms with van der Waals surface area (Å²) in [6.07, 6.45) is 2.02. The summed E-state index contributed by atoms with van der Waals surface area (Å²) in [4.78, 5) is 4.79. The van der Waals surface area contributed by atoms with E-state index in [9.17, 15) is 0 Å². The van der Waals surface area contributed by atoms with Crippen molar-refractivity contribution in [2.75, 3.05) is 0 Å². The molecule has 0 radical (unpaired) electrons. The fourth-order valence-electron chi connectivity index (χ4n) is 5.30. The molecule has 0 spiro atoms. The van der Waals surface area contributed by atoms with E-state index in [1.54, 1.807) is 0 Å². The Morgan fingerprint density at radius 3 is 1.56 bits per heavy atom. The first-order chi connectivity index (χ1) is 16.9. The highest BCUT2D eigenvalue weighted by atomic mass is 14.6. The topological polar surface area (TPSA) is 12.9 Å². The van der Waals surface area contributed by atoms with E-state index in [-0.39, 0.29) is 0 Å². The van der Waals surface area contributed by atoms with Gasteiger partial charge >= 0.3 is 0 Å². The van der Waals surface area contributed by atoms with Crippen molar-refractivity contribution in [1.82, 2.24) is 4.98 Å². The number of nitrogens with zero attached hydrogens (tertiary/aromatic N) is 1. The minimum absolute atomic E-state index is 1.02. The van der Waals surface area contributed by atoms with E-state index in [0.29, 0.717) is 0 Å². The molecule has 0 aliphatic carbocycles. The van der Waals surface area contributed by atoms with E-state index in [1.165, 1.54) is 49.0 Å². The number of benzene rings is 6. The SMILES string of the molecule is c1ccc2cc(-c3c4ccccc4c(-c4cnc5ccccc5c4)c4ccccc34)ccc2c1. The summed E-state index contributed by atoms with van der Waals surface area (Å²) in [6.45, 7) is 0. The molecule has 0 saturated carbocycles. The maximum absolute atomic E-state index is 4.79. The standard InChI is InChI=1S/C33H21N/c1-2-10-23-19-25(18-17-22(23)9-1)32-27-12-4-6-14-29(27)33(30-15-7-5-13-28(30)32)26-20-24-11-3-8-16-31(24)34-21-26/h1-21H. The molecule has 0 atom stereocenters. The van der Waals surface area contributed by atoms with E-state index in [2.05, 4.69) is 115 Å². The van der Waals surface area contributed by atoms with E-state index >= 15 is 0 Å². The summed E-state index contributed by atoms with van der Waals surface area (Å²) in [7, 11) is 0. The van der Waals surface area contributed by atoms with Crippen molar-refractivity contribution in [2.24, 2.45) is 0 Å². The molecule has 158 valence electrons. The molecule has 6 aromatic carbocycles. The van der Waals surface area contributed by atoms with Crippen molar-refractivity contribution in [1.29, 1.82) is 0 Å². The Labute approximate surface area is 197 Å². The number of hydrogen-bond acceptors (Lipinski definition) is 1. The van der Waals surface area contributed by atoms with Crippen LogP contribution in [0.2, 0.25) is 0 Å². The number of fused-ring (bicyclic) bond motifs is 4. The van der Waals surface area contributed by atoms with Gasteiger partial charge in [-0.05, 0) is 67.2 Å². The first-order valence-electron chi connectivity index (χ1n) is 11.6. The van der Waals surface area contributed by atoms with Crippen molar-refractivity contribution in [3.8, 4) is 22.3 Å². The first kappa shape index (κ1) is 19.0. The van der Waals surface area contributed by atoms with Crippen LogP contribution >= 0.6 is 0 Å². The van der Waals surface area contributed by atoms with Crippen molar-refractivity contribution in [2.45, 2.75) is 0 Å². The zero-order valence-corrected chi connectivity index (χ0v) is 18.6. The normalized spacial score (nSPS) is 11.5. The highest BCUT2D eigenvalue weighted by molar-refractivity contribution is 6.21. The number of pyridine rings is 1. The molecule has 0 aliphatic rings. The first-order valence-corrected chi connectivity index (χ1v) is 11.6. The highest BCUT2D eigenvalue weighted by Crippen LogP contribution is 2.44. The molecule has 0 fully saturated rings. The summed E-state index contributed by atoms with van der Waals surface area (Å²) < 4.78 is 0. The van der Waals surface area contributed by atoms with Gasteiger partial charge in [0.1, 0.15) is 0 Å². The van der Waals surface area contributed by atoms with Crippen LogP contribution < -0.4 is 0 Å². The van der Waals surface area contributed by atoms with Crippen LogP contribution in [0.25, 0.3) is 65.5 Å². The second-order valence-corrected chi connectivity index (χ2v) is 8.82. The second kappa shape index (κ2) is 7.54. The maximum Gasteiger partial charge on any atom is 0.0702 e. The summed E-state index contributed by atoms with van der Waals surface area (Å²) in [5, 5.41) is 8.71. The lowest BCUT2D eigenvalue weighted by Crippen LogP contribution is -1.91. The fourth-order valence-corrected chi connectivity index (χ4v) is 5.30. The smallest absolute Gasteiger partial charge is 0.0702 e. The Balaban J connectivity index is 1.61. The summed E-state index contributed by atoms with van der Waals surface area (Å²) >= 11 is 0. The van der Waals surface area contributed by atoms with Gasteiger partial charge in [-0.1, -0.05) is 103 Å². The average Bonchev–Trinajstić information content (AvgIpc) is 2.91. The Hall–Kier alpha value is -4.49.